The van der Waals surface area contributed by atoms with Gasteiger partial charge in [-0.1, -0.05) is 30.3 Å². The highest BCUT2D eigenvalue weighted by Gasteiger charge is 2.30. The summed E-state index contributed by atoms with van der Waals surface area (Å²) in [6.45, 7) is 0.574. The third-order valence-corrected chi connectivity index (χ3v) is 3.60. The lowest BCUT2D eigenvalue weighted by Gasteiger charge is -2.21. The first-order valence-corrected chi connectivity index (χ1v) is 6.62. The first-order chi connectivity index (χ1) is 9.75. The van der Waals surface area contributed by atoms with E-state index in [0.717, 1.165) is 29.8 Å². The van der Waals surface area contributed by atoms with Gasteiger partial charge in [0.2, 0.25) is 0 Å². The fourth-order valence-electron chi connectivity index (χ4n) is 2.62. The Kier molecular flexibility index (Phi) is 3.33. The Labute approximate surface area is 116 Å². The molecule has 1 unspecified atom stereocenters. The first kappa shape index (κ1) is 12.6. The van der Waals surface area contributed by atoms with Gasteiger partial charge in [0.05, 0.1) is 17.4 Å². The highest BCUT2D eigenvalue weighted by atomic mass is 16.4. The molecule has 0 saturated carbocycles. The third kappa shape index (κ3) is 2.34. The van der Waals surface area contributed by atoms with Crippen LogP contribution in [0.3, 0.4) is 0 Å². The molecule has 1 N–H and O–H groups in total. The fourth-order valence-corrected chi connectivity index (χ4v) is 2.62. The number of benzene rings is 1. The van der Waals surface area contributed by atoms with E-state index in [-0.39, 0.29) is 6.04 Å². The second-order valence-electron chi connectivity index (χ2n) is 4.83. The van der Waals surface area contributed by atoms with Crippen LogP contribution in [0.25, 0.3) is 11.3 Å². The zero-order valence-corrected chi connectivity index (χ0v) is 10.9. The van der Waals surface area contributed by atoms with Crippen molar-refractivity contribution in [3.05, 3.63) is 48.4 Å². The minimum absolute atomic E-state index is 0.155. The van der Waals surface area contributed by atoms with Crippen LogP contribution in [0.1, 0.15) is 24.6 Å². The van der Waals surface area contributed by atoms with E-state index in [1.54, 1.807) is 0 Å². The van der Waals surface area contributed by atoms with Gasteiger partial charge >= 0.3 is 6.09 Å². The number of hydrogen-bond acceptors (Lipinski definition) is 3. The molecule has 1 aliphatic rings. The van der Waals surface area contributed by atoms with Gasteiger partial charge in [-0.05, 0) is 18.9 Å². The summed E-state index contributed by atoms with van der Waals surface area (Å²) in [5, 5.41) is 9.21. The van der Waals surface area contributed by atoms with Gasteiger partial charge in [-0.2, -0.15) is 0 Å². The molecule has 5 heteroatoms. The van der Waals surface area contributed by atoms with E-state index >= 15 is 0 Å². The van der Waals surface area contributed by atoms with Crippen molar-refractivity contribution in [3.63, 3.8) is 0 Å². The molecule has 1 atom stereocenters. The second-order valence-corrected chi connectivity index (χ2v) is 4.83. The van der Waals surface area contributed by atoms with E-state index in [1.165, 1.54) is 11.2 Å². The van der Waals surface area contributed by atoms with Crippen molar-refractivity contribution < 1.29 is 9.90 Å². The van der Waals surface area contributed by atoms with Crippen molar-refractivity contribution in [3.8, 4) is 11.3 Å². The zero-order valence-electron chi connectivity index (χ0n) is 10.9. The van der Waals surface area contributed by atoms with Crippen molar-refractivity contribution in [2.45, 2.75) is 18.9 Å². The predicted octanol–water partition coefficient (Wildman–Crippen LogP) is 2.96. The summed E-state index contributed by atoms with van der Waals surface area (Å²) < 4.78 is 0. The first-order valence-electron chi connectivity index (χ1n) is 6.62. The highest BCUT2D eigenvalue weighted by molar-refractivity contribution is 5.66. The quantitative estimate of drug-likeness (QED) is 0.910. The molecule has 5 nitrogen and oxygen atoms in total. The molecule has 2 heterocycles. The van der Waals surface area contributed by atoms with Gasteiger partial charge in [0.25, 0.3) is 0 Å². The fraction of sp³-hybridized carbons (Fsp3) is 0.267. The van der Waals surface area contributed by atoms with Gasteiger partial charge in [-0.15, -0.1) is 0 Å². The van der Waals surface area contributed by atoms with Crippen LogP contribution >= 0.6 is 0 Å². The van der Waals surface area contributed by atoms with Crippen LogP contribution in [-0.4, -0.2) is 32.6 Å². The molecular formula is C15H15N3O2. The van der Waals surface area contributed by atoms with Gasteiger partial charge in [0.15, 0.2) is 0 Å². The lowest BCUT2D eigenvalue weighted by atomic mass is 10.1. The monoisotopic (exact) mass is 269 g/mol. The van der Waals surface area contributed by atoms with Gasteiger partial charge in [-0.25, -0.2) is 14.8 Å². The van der Waals surface area contributed by atoms with E-state index in [4.69, 9.17) is 0 Å². The Morgan fingerprint density at radius 1 is 1.25 bits per heavy atom. The summed E-state index contributed by atoms with van der Waals surface area (Å²) in [5.41, 5.74) is 2.61. The SMILES string of the molecule is O=C(O)N1CCCC1c1cc(-c2ccccc2)ncn1. The van der Waals surface area contributed by atoms with Crippen molar-refractivity contribution in [2.75, 3.05) is 6.54 Å². The van der Waals surface area contributed by atoms with Crippen molar-refractivity contribution >= 4 is 6.09 Å². The lowest BCUT2D eigenvalue weighted by molar-refractivity contribution is 0.139. The molecule has 0 bridgehead atoms. The molecule has 20 heavy (non-hydrogen) atoms. The second kappa shape index (κ2) is 5.28. The average molecular weight is 269 g/mol. The molecule has 0 radical (unpaired) electrons. The number of hydrogen-bond donors (Lipinski definition) is 1. The van der Waals surface area contributed by atoms with Crippen LogP contribution in [0.15, 0.2) is 42.7 Å². The maximum Gasteiger partial charge on any atom is 0.407 e. The molecule has 1 aliphatic heterocycles. The Balaban J connectivity index is 1.94. The number of amides is 1. The molecule has 0 spiro atoms. The van der Waals surface area contributed by atoms with Crippen LogP contribution in [0, 0.1) is 0 Å². The maximum absolute atomic E-state index is 11.2. The lowest BCUT2D eigenvalue weighted by Crippen LogP contribution is -2.29. The smallest absolute Gasteiger partial charge is 0.407 e. The summed E-state index contributed by atoms with van der Waals surface area (Å²) in [6, 6.07) is 11.6. The van der Waals surface area contributed by atoms with Crippen LogP contribution in [0.4, 0.5) is 4.79 Å². The Morgan fingerprint density at radius 3 is 2.80 bits per heavy atom. The summed E-state index contributed by atoms with van der Waals surface area (Å²) in [5.74, 6) is 0. The summed E-state index contributed by atoms with van der Waals surface area (Å²) in [4.78, 5) is 21.2. The molecule has 1 fully saturated rings. The van der Waals surface area contributed by atoms with Crippen molar-refractivity contribution in [1.82, 2.24) is 14.9 Å². The molecule has 1 aromatic heterocycles. The standard InChI is InChI=1S/C15H15N3O2/c19-15(20)18-8-4-7-14(18)13-9-12(16-10-17-13)11-5-2-1-3-6-11/h1-3,5-6,9-10,14H,4,7-8H2,(H,19,20). The van der Waals surface area contributed by atoms with Gasteiger partial charge < -0.3 is 5.11 Å². The summed E-state index contributed by atoms with van der Waals surface area (Å²) in [6.07, 6.45) is 2.32. The zero-order chi connectivity index (χ0) is 13.9. The number of aromatic nitrogens is 2. The molecule has 1 aromatic carbocycles. The molecule has 1 saturated heterocycles. The normalized spacial score (nSPS) is 18.2. The molecule has 1 amide bonds. The molecule has 3 rings (SSSR count). The van der Waals surface area contributed by atoms with Crippen LogP contribution in [0.5, 0.6) is 0 Å². The Morgan fingerprint density at radius 2 is 2.05 bits per heavy atom. The average Bonchev–Trinajstić information content (AvgIpc) is 2.98. The number of carbonyl (C=O) groups is 1. The van der Waals surface area contributed by atoms with Crippen molar-refractivity contribution in [1.29, 1.82) is 0 Å². The van der Waals surface area contributed by atoms with Crippen LogP contribution < -0.4 is 0 Å². The molecule has 0 aliphatic carbocycles. The largest absolute Gasteiger partial charge is 0.465 e. The van der Waals surface area contributed by atoms with E-state index < -0.39 is 6.09 Å². The van der Waals surface area contributed by atoms with E-state index in [2.05, 4.69) is 9.97 Å². The number of carboxylic acid groups (broad SMARTS) is 1. The summed E-state index contributed by atoms with van der Waals surface area (Å²) >= 11 is 0. The van der Waals surface area contributed by atoms with Gasteiger partial charge in [0.1, 0.15) is 6.33 Å². The Hall–Kier alpha value is -2.43. The topological polar surface area (TPSA) is 66.3 Å². The number of nitrogens with zero attached hydrogens (tertiary/aromatic N) is 3. The molecule has 102 valence electrons. The van der Waals surface area contributed by atoms with Gasteiger partial charge in [0, 0.05) is 12.1 Å². The molecular weight excluding hydrogens is 254 g/mol. The maximum atomic E-state index is 11.2. The van der Waals surface area contributed by atoms with E-state index in [0.29, 0.717) is 6.54 Å². The highest BCUT2D eigenvalue weighted by Crippen LogP contribution is 2.31. The predicted molar refractivity (Wildman–Crippen MR) is 74.2 cm³/mol. The van der Waals surface area contributed by atoms with Crippen LogP contribution in [0.2, 0.25) is 0 Å². The third-order valence-electron chi connectivity index (χ3n) is 3.60. The van der Waals surface area contributed by atoms with E-state index in [1.807, 2.05) is 36.4 Å². The molecule has 2 aromatic rings. The summed E-state index contributed by atoms with van der Waals surface area (Å²) in [7, 11) is 0. The van der Waals surface area contributed by atoms with Crippen LogP contribution in [-0.2, 0) is 0 Å². The minimum atomic E-state index is -0.882. The number of rotatable bonds is 2. The van der Waals surface area contributed by atoms with Crippen molar-refractivity contribution in [2.24, 2.45) is 0 Å². The number of likely N-dealkylation sites (tertiary alicyclic amines) is 1. The van der Waals surface area contributed by atoms with E-state index in [9.17, 15) is 9.90 Å². The van der Waals surface area contributed by atoms with Gasteiger partial charge in [-0.3, -0.25) is 4.90 Å². The minimum Gasteiger partial charge on any atom is -0.465 e. The Bertz CT molecular complexity index is 616.